The van der Waals surface area contributed by atoms with Crippen molar-refractivity contribution >= 4 is 22.3 Å². The van der Waals surface area contributed by atoms with Crippen LogP contribution in [0.4, 0.5) is 15.9 Å². The third-order valence-corrected chi connectivity index (χ3v) is 5.11. The van der Waals surface area contributed by atoms with Crippen LogP contribution in [0.25, 0.3) is 32.5 Å². The van der Waals surface area contributed by atoms with Gasteiger partial charge in [-0.25, -0.2) is 4.39 Å². The van der Waals surface area contributed by atoms with Crippen LogP contribution in [0, 0.1) is 5.82 Å². The molecule has 178 valence electrons. The number of ether oxygens (including phenoxy) is 4. The molecule has 1 heterocycles. The molecular weight excluding hydrogens is 443 g/mol. The normalized spacial score (nSPS) is 11.0. The fraction of sp³-hybridized carbons (Fsp3) is 0.304. The van der Waals surface area contributed by atoms with Gasteiger partial charge in [-0.15, -0.1) is 0 Å². The molecule has 10 nitrogen and oxygen atoms in total. The van der Waals surface area contributed by atoms with E-state index in [-0.39, 0.29) is 5.82 Å². The molecule has 0 saturated heterocycles. The van der Waals surface area contributed by atoms with E-state index in [9.17, 15) is 4.39 Å². The molecule has 3 N–H and O–H groups in total. The lowest BCUT2D eigenvalue weighted by Gasteiger charge is -2.11. The van der Waals surface area contributed by atoms with Gasteiger partial charge >= 0.3 is 0 Å². The second-order valence-electron chi connectivity index (χ2n) is 7.31. The van der Waals surface area contributed by atoms with Crippen molar-refractivity contribution in [3.8, 4) is 22.8 Å². The number of aromatic nitrogens is 2. The molecule has 0 saturated carbocycles. The Morgan fingerprint density at radius 1 is 1.00 bits per heavy atom. The average Bonchev–Trinajstić information content (AvgIpc) is 3.39. The SMILES string of the molecule is COc1cc2c3[nH][nH]c(Nc4cccc(F)c4)c-3cc2cc1OCCOCCOCCN=[N+]=[N-]. The molecule has 2 aliphatic rings. The van der Waals surface area contributed by atoms with E-state index in [4.69, 9.17) is 24.5 Å². The summed E-state index contributed by atoms with van der Waals surface area (Å²) in [5.74, 6) is 1.64. The maximum absolute atomic E-state index is 13.5. The van der Waals surface area contributed by atoms with Crippen molar-refractivity contribution < 1.29 is 23.3 Å². The molecular formula is C23H25FN6O4. The van der Waals surface area contributed by atoms with E-state index in [1.807, 2.05) is 18.2 Å². The van der Waals surface area contributed by atoms with Gasteiger partial charge in [-0.05, 0) is 47.3 Å². The van der Waals surface area contributed by atoms with Crippen LogP contribution in [0.5, 0.6) is 11.5 Å². The molecule has 4 rings (SSSR count). The van der Waals surface area contributed by atoms with E-state index in [2.05, 4.69) is 25.5 Å². The minimum Gasteiger partial charge on any atom is -0.493 e. The lowest BCUT2D eigenvalue weighted by Crippen LogP contribution is -2.12. The van der Waals surface area contributed by atoms with Crippen LogP contribution in [0.2, 0.25) is 0 Å². The number of aromatic amines is 2. The Labute approximate surface area is 194 Å². The molecule has 1 aliphatic carbocycles. The van der Waals surface area contributed by atoms with Crippen molar-refractivity contribution in [2.45, 2.75) is 0 Å². The summed E-state index contributed by atoms with van der Waals surface area (Å²) in [6.45, 7) is 2.24. The highest BCUT2D eigenvalue weighted by molar-refractivity contribution is 6.05. The van der Waals surface area contributed by atoms with Crippen molar-refractivity contribution in [3.63, 3.8) is 0 Å². The number of azide groups is 1. The van der Waals surface area contributed by atoms with Crippen LogP contribution in [0.15, 0.2) is 47.6 Å². The predicted octanol–water partition coefficient (Wildman–Crippen LogP) is 5.21. The molecule has 1 aliphatic heterocycles. The summed E-state index contributed by atoms with van der Waals surface area (Å²) >= 11 is 0. The van der Waals surface area contributed by atoms with Crippen LogP contribution >= 0.6 is 0 Å². The zero-order valence-corrected chi connectivity index (χ0v) is 18.6. The fourth-order valence-electron chi connectivity index (χ4n) is 3.57. The lowest BCUT2D eigenvalue weighted by atomic mass is 10.2. The summed E-state index contributed by atoms with van der Waals surface area (Å²) in [6.07, 6.45) is 0. The van der Waals surface area contributed by atoms with Crippen molar-refractivity contribution in [1.82, 2.24) is 10.2 Å². The van der Waals surface area contributed by atoms with E-state index < -0.39 is 0 Å². The number of nitrogens with one attached hydrogen (secondary N) is 3. The molecule has 0 amide bonds. The first-order valence-electron chi connectivity index (χ1n) is 10.7. The monoisotopic (exact) mass is 468 g/mol. The van der Waals surface area contributed by atoms with Gasteiger partial charge in [-0.1, -0.05) is 11.2 Å². The maximum Gasteiger partial charge on any atom is 0.161 e. The number of hydrogen-bond donors (Lipinski definition) is 3. The Balaban J connectivity index is 1.38. The van der Waals surface area contributed by atoms with Gasteiger partial charge in [0.2, 0.25) is 0 Å². The van der Waals surface area contributed by atoms with Gasteiger partial charge in [0, 0.05) is 28.1 Å². The summed E-state index contributed by atoms with van der Waals surface area (Å²) in [6, 6.07) is 12.1. The number of nitrogens with zero attached hydrogens (tertiary/aromatic N) is 3. The van der Waals surface area contributed by atoms with E-state index in [0.29, 0.717) is 56.8 Å². The van der Waals surface area contributed by atoms with Crippen molar-refractivity contribution in [1.29, 1.82) is 0 Å². The molecule has 11 heteroatoms. The third kappa shape index (κ3) is 5.52. The van der Waals surface area contributed by atoms with Gasteiger partial charge in [-0.3, -0.25) is 10.2 Å². The van der Waals surface area contributed by atoms with Crippen molar-refractivity contribution in [2.24, 2.45) is 5.11 Å². The number of halogens is 1. The first-order chi connectivity index (χ1) is 16.7. The number of fused-ring (bicyclic) bond motifs is 3. The van der Waals surface area contributed by atoms with E-state index in [0.717, 1.165) is 27.8 Å². The summed E-state index contributed by atoms with van der Waals surface area (Å²) in [5, 5.41) is 14.8. The summed E-state index contributed by atoms with van der Waals surface area (Å²) in [7, 11) is 1.59. The zero-order valence-electron chi connectivity index (χ0n) is 18.6. The topological polar surface area (TPSA) is 129 Å². The Kier molecular flexibility index (Phi) is 7.71. The third-order valence-electron chi connectivity index (χ3n) is 5.11. The Bertz CT molecular complexity index is 1250. The molecule has 2 aromatic rings. The molecule has 0 radical (unpaired) electrons. The Hall–Kier alpha value is -3.92. The molecule has 0 bridgehead atoms. The molecule has 34 heavy (non-hydrogen) atoms. The van der Waals surface area contributed by atoms with Crippen LogP contribution in [0.1, 0.15) is 0 Å². The minimum atomic E-state index is -0.308. The first-order valence-corrected chi connectivity index (χ1v) is 10.7. The molecule has 0 atom stereocenters. The summed E-state index contributed by atoms with van der Waals surface area (Å²) < 4.78 is 35.7. The van der Waals surface area contributed by atoms with Gasteiger partial charge in [0.15, 0.2) is 11.5 Å². The standard InChI is InChI=1S/C23H25FN6O4/c1-31-20-14-18-15(12-21(20)34-10-9-33-8-7-32-6-5-26-30-25)11-19-22(18)28-29-23(19)27-17-4-2-3-16(24)13-17/h2-4,11-14,27-29H,5-10H2,1H3. The summed E-state index contributed by atoms with van der Waals surface area (Å²) in [5.41, 5.74) is 10.7. The molecule has 2 aromatic carbocycles. The first kappa shape index (κ1) is 23.2. The highest BCUT2D eigenvalue weighted by Crippen LogP contribution is 2.42. The molecule has 0 spiro atoms. The fourth-order valence-corrected chi connectivity index (χ4v) is 3.57. The van der Waals surface area contributed by atoms with E-state index in [1.54, 1.807) is 19.2 Å². The van der Waals surface area contributed by atoms with Gasteiger partial charge in [0.25, 0.3) is 0 Å². The average molecular weight is 468 g/mol. The van der Waals surface area contributed by atoms with Crippen LogP contribution in [-0.4, -0.2) is 56.9 Å². The predicted molar refractivity (Wildman–Crippen MR) is 127 cm³/mol. The molecule has 0 fully saturated rings. The maximum atomic E-state index is 13.5. The van der Waals surface area contributed by atoms with Gasteiger partial charge in [0.1, 0.15) is 18.2 Å². The minimum absolute atomic E-state index is 0.304. The van der Waals surface area contributed by atoms with Crippen LogP contribution in [-0.2, 0) is 9.47 Å². The number of hydrogen-bond acceptors (Lipinski definition) is 6. The highest BCUT2D eigenvalue weighted by atomic mass is 19.1. The number of H-pyrrole nitrogens is 2. The molecule has 0 aromatic heterocycles. The Morgan fingerprint density at radius 2 is 1.82 bits per heavy atom. The Morgan fingerprint density at radius 3 is 2.62 bits per heavy atom. The lowest BCUT2D eigenvalue weighted by molar-refractivity contribution is 0.0385. The largest absolute Gasteiger partial charge is 0.493 e. The zero-order chi connectivity index (χ0) is 23.8. The smallest absolute Gasteiger partial charge is 0.161 e. The van der Waals surface area contributed by atoms with Crippen LogP contribution in [0.3, 0.4) is 0 Å². The van der Waals surface area contributed by atoms with E-state index >= 15 is 0 Å². The summed E-state index contributed by atoms with van der Waals surface area (Å²) in [4.78, 5) is 2.66. The number of rotatable bonds is 13. The number of methoxy groups -OCH3 is 1. The quantitative estimate of drug-likeness (QED) is 0.107. The number of benzene rings is 2. The second-order valence-corrected chi connectivity index (χ2v) is 7.31. The van der Waals surface area contributed by atoms with Gasteiger partial charge in [-0.2, -0.15) is 0 Å². The second kappa shape index (κ2) is 11.3. The van der Waals surface area contributed by atoms with Gasteiger partial charge in [0.05, 0.1) is 39.2 Å². The number of anilines is 2. The van der Waals surface area contributed by atoms with Gasteiger partial charge < -0.3 is 24.3 Å². The van der Waals surface area contributed by atoms with Crippen molar-refractivity contribution in [2.75, 3.05) is 52.0 Å². The van der Waals surface area contributed by atoms with E-state index in [1.165, 1.54) is 12.1 Å². The highest BCUT2D eigenvalue weighted by Gasteiger charge is 2.19. The van der Waals surface area contributed by atoms with Crippen molar-refractivity contribution in [3.05, 3.63) is 58.7 Å². The van der Waals surface area contributed by atoms with Crippen LogP contribution < -0.4 is 14.8 Å². The molecule has 0 unspecified atom stereocenters.